The molecule has 18 heteroatoms. The highest BCUT2D eigenvalue weighted by Gasteiger charge is 2.31. The maximum absolute atomic E-state index is 16.4. The molecule has 0 spiro atoms. The number of rotatable bonds is 11. The van der Waals surface area contributed by atoms with Crippen molar-refractivity contribution < 1.29 is 26.8 Å². The molecule has 0 saturated carbocycles. The fourth-order valence-electron chi connectivity index (χ4n) is 8.99. The Morgan fingerprint density at radius 1 is 0.839 bits per heavy atom. The number of pyridine rings is 2. The number of piperazine rings is 1. The number of carbonyl (C=O) groups excluding carboxylic acids is 2. The van der Waals surface area contributed by atoms with Crippen LogP contribution in [0.3, 0.4) is 0 Å². The van der Waals surface area contributed by atoms with Crippen LogP contribution in [0, 0.1) is 17.6 Å². The number of anilines is 3. The first kappa shape index (κ1) is 41.8. The molecule has 4 aliphatic heterocycles. The van der Waals surface area contributed by atoms with Crippen LogP contribution in [0.2, 0.25) is 5.02 Å². The van der Waals surface area contributed by atoms with E-state index in [0.717, 1.165) is 88.6 Å². The molecule has 0 unspecified atom stereocenters. The van der Waals surface area contributed by atoms with Gasteiger partial charge in [0.2, 0.25) is 11.8 Å². The number of hydrogen-bond donors (Lipinski definition) is 2. The zero-order chi connectivity index (χ0) is 43.0. The van der Waals surface area contributed by atoms with E-state index in [2.05, 4.69) is 34.7 Å². The van der Waals surface area contributed by atoms with Crippen LogP contribution in [0.25, 0.3) is 28.1 Å². The summed E-state index contributed by atoms with van der Waals surface area (Å²) in [6.45, 7) is 6.69. The molecule has 4 fully saturated rings. The van der Waals surface area contributed by atoms with Gasteiger partial charge in [0, 0.05) is 118 Å². The van der Waals surface area contributed by atoms with Gasteiger partial charge in [0.15, 0.2) is 11.6 Å². The molecule has 3 aromatic heterocycles. The quantitative estimate of drug-likeness (QED) is 0.146. The van der Waals surface area contributed by atoms with Crippen LogP contribution in [-0.4, -0.2) is 108 Å². The summed E-state index contributed by atoms with van der Waals surface area (Å²) >= 11 is 6.47. The van der Waals surface area contributed by atoms with Gasteiger partial charge < -0.3 is 9.80 Å². The number of hydrogen-bond acceptors (Lipinski definition) is 10. The average Bonchev–Trinajstić information content (AvgIpc) is 3.99. The zero-order valence-electron chi connectivity index (χ0n) is 34.0. The number of nitrogens with zero attached hydrogens (tertiary/aromatic N) is 8. The number of benzene rings is 2. The lowest BCUT2D eigenvalue weighted by Gasteiger charge is -2.40. The van der Waals surface area contributed by atoms with Gasteiger partial charge in [-0.05, 0) is 92.1 Å². The van der Waals surface area contributed by atoms with E-state index in [1.165, 1.54) is 33.4 Å². The minimum Gasteiger partial charge on any atom is -0.369 e. The van der Waals surface area contributed by atoms with Crippen molar-refractivity contribution in [2.24, 2.45) is 5.92 Å². The van der Waals surface area contributed by atoms with Gasteiger partial charge in [0.1, 0.15) is 17.2 Å². The molecular weight excluding hydrogens is 838 g/mol. The van der Waals surface area contributed by atoms with Gasteiger partial charge in [-0.3, -0.25) is 29.5 Å². The fourth-order valence-corrected chi connectivity index (χ4v) is 10.5. The van der Waals surface area contributed by atoms with Crippen LogP contribution < -0.4 is 19.8 Å². The first-order valence-corrected chi connectivity index (χ1v) is 22.9. The van der Waals surface area contributed by atoms with E-state index < -0.39 is 21.8 Å². The minimum atomic E-state index is -4.02. The molecule has 7 heterocycles. The van der Waals surface area contributed by atoms with Crippen molar-refractivity contribution in [1.82, 2.24) is 34.3 Å². The van der Waals surface area contributed by atoms with Crippen molar-refractivity contribution in [3.8, 4) is 28.1 Å². The van der Waals surface area contributed by atoms with E-state index in [0.29, 0.717) is 48.7 Å². The van der Waals surface area contributed by atoms with Gasteiger partial charge >= 0.3 is 10.2 Å². The molecule has 0 bridgehead atoms. The van der Waals surface area contributed by atoms with Crippen molar-refractivity contribution >= 4 is 50.8 Å². The summed E-state index contributed by atoms with van der Waals surface area (Å²) in [5.74, 6) is -0.700. The van der Waals surface area contributed by atoms with E-state index >= 15 is 8.78 Å². The largest absolute Gasteiger partial charge is 0.369 e. The second kappa shape index (κ2) is 17.7. The van der Waals surface area contributed by atoms with E-state index in [-0.39, 0.29) is 39.7 Å². The molecule has 1 atom stereocenters. The van der Waals surface area contributed by atoms with Crippen molar-refractivity contribution in [2.45, 2.75) is 44.4 Å². The van der Waals surface area contributed by atoms with Gasteiger partial charge in [-0.25, -0.2) is 18.4 Å². The van der Waals surface area contributed by atoms with E-state index in [9.17, 15) is 18.0 Å². The Kier molecular flexibility index (Phi) is 12.0. The Bertz CT molecular complexity index is 2560. The van der Waals surface area contributed by atoms with Crippen molar-refractivity contribution in [3.05, 3.63) is 102 Å². The number of aromatic nitrogens is 4. The number of piperidine rings is 2. The molecule has 2 N–H and O–H groups in total. The normalized spacial score (nSPS) is 19.6. The predicted molar refractivity (Wildman–Crippen MR) is 233 cm³/mol. The lowest BCUT2D eigenvalue weighted by molar-refractivity contribution is -0.134. The highest BCUT2D eigenvalue weighted by molar-refractivity contribution is 7.90. The monoisotopic (exact) mass is 884 g/mol. The molecule has 9 rings (SSSR count). The standard InChI is InChI=1S/C44H47ClF2N10O4S/c45-32-23-35(42(47)38(24-32)52-62(60,61)56-15-1-2-16-56)36-28-57(51-43(36)30-9-13-48-14-10-30)39-6-4-33(25-37(39)46)54-21-19-53(20-22-54)27-29-11-17-55(18-12-29)40-7-3-31(26-49-40)34-5-8-41(58)50-44(34)59/h3-4,6-7,9-10,13-14,23-26,28-29,34,52H,1-2,5,8,11-12,15-22,27H2,(H,50,58,59)/t34-/m1/s1. The lowest BCUT2D eigenvalue weighted by atomic mass is 9.91. The third-order valence-electron chi connectivity index (χ3n) is 12.4. The van der Waals surface area contributed by atoms with Crippen molar-refractivity contribution in [3.63, 3.8) is 0 Å². The highest BCUT2D eigenvalue weighted by Crippen LogP contribution is 2.39. The first-order valence-electron chi connectivity index (χ1n) is 21.1. The van der Waals surface area contributed by atoms with Gasteiger partial charge in [-0.2, -0.15) is 17.8 Å². The van der Waals surface area contributed by atoms with Gasteiger partial charge in [-0.1, -0.05) is 17.7 Å². The van der Waals surface area contributed by atoms with Crippen LogP contribution >= 0.6 is 11.6 Å². The third kappa shape index (κ3) is 8.89. The number of imide groups is 1. The van der Waals surface area contributed by atoms with E-state index in [4.69, 9.17) is 16.7 Å². The highest BCUT2D eigenvalue weighted by atomic mass is 35.5. The van der Waals surface area contributed by atoms with E-state index in [1.807, 2.05) is 18.2 Å². The molecule has 5 aromatic rings. The molecule has 0 radical (unpaired) electrons. The van der Waals surface area contributed by atoms with Crippen LogP contribution in [0.1, 0.15) is 50.0 Å². The summed E-state index contributed by atoms with van der Waals surface area (Å²) in [5, 5.41) is 7.26. The number of amides is 2. The van der Waals surface area contributed by atoms with Crippen LogP contribution in [-0.2, 0) is 19.8 Å². The maximum Gasteiger partial charge on any atom is 0.301 e. The molecular formula is C44H47ClF2N10O4S. The summed E-state index contributed by atoms with van der Waals surface area (Å²) in [5.41, 5.74) is 2.70. The average molecular weight is 885 g/mol. The molecule has 4 saturated heterocycles. The summed E-state index contributed by atoms with van der Waals surface area (Å²) < 4.78 is 63.7. The summed E-state index contributed by atoms with van der Waals surface area (Å²) in [7, 11) is -4.02. The van der Waals surface area contributed by atoms with Crippen LogP contribution in [0.15, 0.2) is 79.4 Å². The number of halogens is 3. The smallest absolute Gasteiger partial charge is 0.301 e. The Morgan fingerprint density at radius 3 is 2.29 bits per heavy atom. The topological polar surface area (TPSA) is 149 Å². The summed E-state index contributed by atoms with van der Waals surface area (Å²) in [6.07, 6.45) is 10.8. The molecule has 0 aliphatic carbocycles. The Balaban J connectivity index is 0.840. The number of nitrogens with one attached hydrogen (secondary N) is 2. The third-order valence-corrected chi connectivity index (χ3v) is 14.2. The molecule has 14 nitrogen and oxygen atoms in total. The molecule has 2 aromatic carbocycles. The lowest BCUT2D eigenvalue weighted by Crippen LogP contribution is -2.49. The molecule has 2 amide bonds. The first-order chi connectivity index (χ1) is 30.0. The second-order valence-corrected chi connectivity index (χ2v) is 18.5. The van der Waals surface area contributed by atoms with Crippen molar-refractivity contribution in [2.75, 3.05) is 73.4 Å². The van der Waals surface area contributed by atoms with E-state index in [1.54, 1.807) is 36.8 Å². The predicted octanol–water partition coefficient (Wildman–Crippen LogP) is 6.24. The summed E-state index contributed by atoms with van der Waals surface area (Å²) in [6, 6.07) is 15.0. The van der Waals surface area contributed by atoms with Crippen LogP contribution in [0.5, 0.6) is 0 Å². The van der Waals surface area contributed by atoms with Gasteiger partial charge in [0.05, 0.1) is 11.6 Å². The SMILES string of the molecule is O=C1CC[C@H](c2ccc(N3CCC(CN4CCN(c5ccc(-n6cc(-c7cc(Cl)cc(NS(=O)(=O)N8CCCC8)c7F)c(-c7ccncc7)n6)c(F)c5)CC4)CC3)nc2)C(=O)N1. The summed E-state index contributed by atoms with van der Waals surface area (Å²) in [4.78, 5) is 39.6. The van der Waals surface area contributed by atoms with Gasteiger partial charge in [-0.15, -0.1) is 0 Å². The van der Waals surface area contributed by atoms with Gasteiger partial charge in [0.25, 0.3) is 0 Å². The molecule has 62 heavy (non-hydrogen) atoms. The minimum absolute atomic E-state index is 0.00506. The fraction of sp³-hybridized carbons (Fsp3) is 0.386. The zero-order valence-corrected chi connectivity index (χ0v) is 35.6. The Labute approximate surface area is 364 Å². The molecule has 4 aliphatic rings. The number of carbonyl (C=O) groups is 2. The molecule has 324 valence electrons. The van der Waals surface area contributed by atoms with Crippen LogP contribution in [0.4, 0.5) is 26.0 Å². The second-order valence-electron chi connectivity index (χ2n) is 16.4. The Morgan fingerprint density at radius 2 is 1.60 bits per heavy atom. The Hall–Kier alpha value is -5.49. The van der Waals surface area contributed by atoms with Crippen molar-refractivity contribution in [1.29, 1.82) is 0 Å². The maximum atomic E-state index is 16.4.